The Kier molecular flexibility index (Phi) is 8.32. The Balaban J connectivity index is 1.62. The number of hydrogen-bond acceptors (Lipinski definition) is 5. The van der Waals surface area contributed by atoms with Gasteiger partial charge in [0.1, 0.15) is 6.04 Å². The number of nitrogens with zero attached hydrogens (tertiary/aromatic N) is 3. The Morgan fingerprint density at radius 3 is 2.32 bits per heavy atom. The first kappa shape index (κ1) is 27.1. The summed E-state index contributed by atoms with van der Waals surface area (Å²) in [6.07, 6.45) is 0.659. The number of methoxy groups -OCH3 is 2. The highest BCUT2D eigenvalue weighted by molar-refractivity contribution is 7.16. The van der Waals surface area contributed by atoms with Crippen LogP contribution in [0.25, 0.3) is 10.2 Å². The van der Waals surface area contributed by atoms with Crippen molar-refractivity contribution in [3.8, 4) is 11.5 Å². The molecule has 1 aromatic heterocycles. The van der Waals surface area contributed by atoms with Gasteiger partial charge in [-0.25, -0.2) is 0 Å². The quantitative estimate of drug-likeness (QED) is 0.308. The molecule has 7 nitrogen and oxygen atoms in total. The summed E-state index contributed by atoms with van der Waals surface area (Å²) in [5, 5.41) is 0. The van der Waals surface area contributed by atoms with E-state index in [1.807, 2.05) is 67.8 Å². The summed E-state index contributed by atoms with van der Waals surface area (Å²) in [6.45, 7) is 6.38. The number of ether oxygens (including phenoxy) is 2. The Morgan fingerprint density at radius 2 is 1.63 bits per heavy atom. The maximum Gasteiger partial charge on any atom is 0.279 e. The molecule has 4 rings (SSSR count). The average molecular weight is 532 g/mol. The monoisotopic (exact) mass is 531 g/mol. The van der Waals surface area contributed by atoms with Crippen molar-refractivity contribution in [1.29, 1.82) is 0 Å². The maximum atomic E-state index is 13.6. The number of likely N-dealkylation sites (N-methyl/N-ethyl adjacent to an activating group) is 1. The molecule has 198 valence electrons. The predicted octanol–water partition coefficient (Wildman–Crippen LogP) is 5.34. The van der Waals surface area contributed by atoms with Gasteiger partial charge in [-0.3, -0.25) is 9.59 Å². The molecule has 1 atom stereocenters. The van der Waals surface area contributed by atoms with Crippen LogP contribution in [0.4, 0.5) is 0 Å². The summed E-state index contributed by atoms with van der Waals surface area (Å²) in [5.74, 6) is 0.938. The molecule has 0 aliphatic carbocycles. The van der Waals surface area contributed by atoms with Gasteiger partial charge in [-0.15, -0.1) is 0 Å². The van der Waals surface area contributed by atoms with Crippen LogP contribution in [0.1, 0.15) is 40.0 Å². The lowest BCUT2D eigenvalue weighted by molar-refractivity contribution is -0.132. The lowest BCUT2D eigenvalue weighted by Crippen LogP contribution is -2.37. The molecule has 0 aliphatic rings. The van der Waals surface area contributed by atoms with E-state index in [0.717, 1.165) is 26.9 Å². The molecular weight excluding hydrogens is 498 g/mol. The Morgan fingerprint density at radius 1 is 0.947 bits per heavy atom. The van der Waals surface area contributed by atoms with E-state index in [4.69, 9.17) is 9.47 Å². The van der Waals surface area contributed by atoms with E-state index in [1.54, 1.807) is 38.3 Å². The third kappa shape index (κ3) is 5.81. The molecular formula is C30H33N3O4S. The van der Waals surface area contributed by atoms with Crippen LogP contribution in [-0.2, 0) is 11.2 Å². The van der Waals surface area contributed by atoms with Gasteiger partial charge in [0.25, 0.3) is 5.91 Å². The second-order valence-electron chi connectivity index (χ2n) is 9.38. The number of carbonyl (C=O) groups excluding carboxylic acids is 2. The summed E-state index contributed by atoms with van der Waals surface area (Å²) < 4.78 is 13.6. The summed E-state index contributed by atoms with van der Waals surface area (Å²) in [6, 6.07) is 18.6. The topological polar surface area (TPSA) is 73.1 Å². The van der Waals surface area contributed by atoms with E-state index in [9.17, 15) is 9.59 Å². The highest BCUT2D eigenvalue weighted by atomic mass is 32.1. The van der Waals surface area contributed by atoms with Gasteiger partial charge in [-0.1, -0.05) is 41.2 Å². The Bertz CT molecular complexity index is 1540. The largest absolute Gasteiger partial charge is 0.493 e. The molecule has 1 heterocycles. The van der Waals surface area contributed by atoms with Gasteiger partial charge in [0.2, 0.25) is 5.91 Å². The van der Waals surface area contributed by atoms with E-state index in [1.165, 1.54) is 11.3 Å². The van der Waals surface area contributed by atoms with Crippen LogP contribution in [0.15, 0.2) is 65.7 Å². The molecule has 0 bridgehead atoms. The van der Waals surface area contributed by atoms with Gasteiger partial charge in [0.05, 0.1) is 24.4 Å². The number of amides is 2. The predicted molar refractivity (Wildman–Crippen MR) is 151 cm³/mol. The first-order valence-corrected chi connectivity index (χ1v) is 13.3. The van der Waals surface area contributed by atoms with E-state index in [2.05, 4.69) is 11.1 Å². The first-order valence-electron chi connectivity index (χ1n) is 12.4. The van der Waals surface area contributed by atoms with Crippen LogP contribution in [-0.4, -0.2) is 49.1 Å². The number of carbonyl (C=O) groups is 2. The Hall–Kier alpha value is -3.91. The molecule has 0 radical (unpaired) electrons. The number of hydrogen-bond donors (Lipinski definition) is 0. The van der Waals surface area contributed by atoms with Gasteiger partial charge >= 0.3 is 0 Å². The molecule has 1 unspecified atom stereocenters. The Labute approximate surface area is 227 Å². The minimum atomic E-state index is -0.550. The maximum absolute atomic E-state index is 13.6. The third-order valence-electron chi connectivity index (χ3n) is 6.58. The van der Waals surface area contributed by atoms with Crippen molar-refractivity contribution in [2.75, 3.05) is 27.8 Å². The van der Waals surface area contributed by atoms with E-state index < -0.39 is 6.04 Å². The number of fused-ring (bicyclic) bond motifs is 1. The van der Waals surface area contributed by atoms with Gasteiger partial charge < -0.3 is 18.9 Å². The standard InChI is InChI=1S/C30H33N3O4S/c1-19-7-11-23(12-8-19)28(34)31-30-33(24-13-9-20(2)17-27(24)38-30)21(3)29(35)32(4)16-15-22-10-14-25(36-5)26(18-22)37-6/h7-14,17-18,21H,15-16H2,1-6H3. The van der Waals surface area contributed by atoms with E-state index in [0.29, 0.717) is 34.8 Å². The fraction of sp³-hybridized carbons (Fsp3) is 0.300. The van der Waals surface area contributed by atoms with Crippen molar-refractivity contribution in [2.45, 2.75) is 33.2 Å². The highest BCUT2D eigenvalue weighted by Gasteiger charge is 2.23. The van der Waals surface area contributed by atoms with Crippen molar-refractivity contribution in [1.82, 2.24) is 9.47 Å². The van der Waals surface area contributed by atoms with E-state index in [-0.39, 0.29) is 11.8 Å². The van der Waals surface area contributed by atoms with Crippen molar-refractivity contribution in [2.24, 2.45) is 4.99 Å². The molecule has 2 amide bonds. The van der Waals surface area contributed by atoms with Crippen molar-refractivity contribution in [3.63, 3.8) is 0 Å². The average Bonchev–Trinajstić information content (AvgIpc) is 3.27. The van der Waals surface area contributed by atoms with Gasteiger partial charge in [-0.05, 0) is 74.7 Å². The van der Waals surface area contributed by atoms with Gasteiger partial charge in [0.15, 0.2) is 16.3 Å². The van der Waals surface area contributed by atoms with Crippen molar-refractivity contribution < 1.29 is 19.1 Å². The van der Waals surface area contributed by atoms with Crippen LogP contribution >= 0.6 is 11.3 Å². The summed E-state index contributed by atoms with van der Waals surface area (Å²) >= 11 is 1.42. The number of rotatable bonds is 8. The van der Waals surface area contributed by atoms with Crippen LogP contribution in [0.3, 0.4) is 0 Å². The zero-order valence-electron chi connectivity index (χ0n) is 22.6. The number of benzene rings is 3. The lowest BCUT2D eigenvalue weighted by Gasteiger charge is -2.23. The molecule has 3 aromatic carbocycles. The second-order valence-corrected chi connectivity index (χ2v) is 10.4. The molecule has 0 saturated heterocycles. The second kappa shape index (κ2) is 11.6. The zero-order chi connectivity index (χ0) is 27.4. The fourth-order valence-electron chi connectivity index (χ4n) is 4.32. The SMILES string of the molecule is COc1ccc(CCN(C)C(=O)C(C)n2c(=NC(=O)c3ccc(C)cc3)sc3cc(C)ccc32)cc1OC. The summed E-state index contributed by atoms with van der Waals surface area (Å²) in [5.41, 5.74) is 4.61. The third-order valence-corrected chi connectivity index (χ3v) is 7.60. The molecule has 0 saturated carbocycles. The van der Waals surface area contributed by atoms with Crippen LogP contribution in [0.5, 0.6) is 11.5 Å². The number of thiazole rings is 1. The number of aromatic nitrogens is 1. The molecule has 0 fully saturated rings. The van der Waals surface area contributed by atoms with Gasteiger partial charge in [0, 0.05) is 19.2 Å². The first-order chi connectivity index (χ1) is 18.2. The van der Waals surface area contributed by atoms with E-state index >= 15 is 0 Å². The van der Waals surface area contributed by atoms with Gasteiger partial charge in [-0.2, -0.15) is 4.99 Å². The molecule has 0 N–H and O–H groups in total. The highest BCUT2D eigenvalue weighted by Crippen LogP contribution is 2.28. The molecule has 8 heteroatoms. The van der Waals surface area contributed by atoms with Crippen molar-refractivity contribution in [3.05, 3.63) is 87.7 Å². The molecule has 4 aromatic rings. The van der Waals surface area contributed by atoms with Crippen LogP contribution in [0, 0.1) is 13.8 Å². The minimum Gasteiger partial charge on any atom is -0.493 e. The van der Waals surface area contributed by atoms with Crippen LogP contribution < -0.4 is 14.3 Å². The minimum absolute atomic E-state index is 0.0602. The lowest BCUT2D eigenvalue weighted by atomic mass is 10.1. The van der Waals surface area contributed by atoms with Crippen molar-refractivity contribution >= 4 is 33.4 Å². The molecule has 0 spiro atoms. The fourth-order valence-corrected chi connectivity index (χ4v) is 5.52. The number of aryl methyl sites for hydroxylation is 2. The zero-order valence-corrected chi connectivity index (χ0v) is 23.5. The summed E-state index contributed by atoms with van der Waals surface area (Å²) in [7, 11) is 5.01. The van der Waals surface area contributed by atoms with Crippen LogP contribution in [0.2, 0.25) is 0 Å². The summed E-state index contributed by atoms with van der Waals surface area (Å²) in [4.78, 5) is 33.3. The normalized spacial score (nSPS) is 12.4. The smallest absolute Gasteiger partial charge is 0.279 e. The molecule has 0 aliphatic heterocycles. The molecule has 38 heavy (non-hydrogen) atoms.